The van der Waals surface area contributed by atoms with Gasteiger partial charge in [0.2, 0.25) is 10.0 Å². The summed E-state index contributed by atoms with van der Waals surface area (Å²) >= 11 is 0. The summed E-state index contributed by atoms with van der Waals surface area (Å²) in [5, 5.41) is 5.21. The van der Waals surface area contributed by atoms with Crippen LogP contribution in [0.1, 0.15) is 32.1 Å². The van der Waals surface area contributed by atoms with Crippen molar-refractivity contribution in [2.75, 3.05) is 19.7 Å². The number of nitrogens with one attached hydrogen (secondary N) is 2. The van der Waals surface area contributed by atoms with Crippen molar-refractivity contribution >= 4 is 21.8 Å². The summed E-state index contributed by atoms with van der Waals surface area (Å²) in [4.78, 5) is 24.2. The van der Waals surface area contributed by atoms with Gasteiger partial charge in [-0.25, -0.2) is 8.42 Å². The highest BCUT2D eigenvalue weighted by molar-refractivity contribution is 7.89. The third-order valence-electron chi connectivity index (χ3n) is 4.84. The van der Waals surface area contributed by atoms with Gasteiger partial charge in [-0.2, -0.15) is 4.31 Å². The van der Waals surface area contributed by atoms with E-state index in [4.69, 9.17) is 4.74 Å². The van der Waals surface area contributed by atoms with Crippen molar-refractivity contribution in [3.8, 4) is 0 Å². The first kappa shape index (κ1) is 19.8. The molecule has 148 valence electrons. The maximum Gasteiger partial charge on any atom is 0.309 e. The van der Waals surface area contributed by atoms with Crippen LogP contribution in [0.15, 0.2) is 35.2 Å². The van der Waals surface area contributed by atoms with E-state index in [1.54, 1.807) is 18.2 Å². The molecule has 1 saturated carbocycles. The molecule has 0 bridgehead atoms. The molecule has 3 rings (SSSR count). The van der Waals surface area contributed by atoms with Crippen LogP contribution in [-0.2, 0) is 24.3 Å². The topological polar surface area (TPSA) is 105 Å². The minimum absolute atomic E-state index is 0.0455. The number of nitrogens with zero attached hydrogens (tertiary/aromatic N) is 1. The Kier molecular flexibility index (Phi) is 6.46. The van der Waals surface area contributed by atoms with Crippen molar-refractivity contribution in [1.29, 1.82) is 0 Å². The molecule has 2 aliphatic rings. The third kappa shape index (κ3) is 4.85. The average Bonchev–Trinajstić information content (AvgIpc) is 3.20. The van der Waals surface area contributed by atoms with E-state index in [9.17, 15) is 18.0 Å². The Labute approximate surface area is 159 Å². The fraction of sp³-hybridized carbons (Fsp3) is 0.556. The van der Waals surface area contributed by atoms with Crippen LogP contribution < -0.4 is 10.6 Å². The van der Waals surface area contributed by atoms with Crippen LogP contribution in [0.2, 0.25) is 0 Å². The van der Waals surface area contributed by atoms with Gasteiger partial charge in [0.15, 0.2) is 0 Å². The number of hydrogen-bond donors (Lipinski definition) is 2. The smallest absolute Gasteiger partial charge is 0.309 e. The molecular weight excluding hydrogens is 370 g/mol. The van der Waals surface area contributed by atoms with Gasteiger partial charge in [0.05, 0.1) is 18.0 Å². The number of hydrogen-bond acceptors (Lipinski definition) is 5. The van der Waals surface area contributed by atoms with Gasteiger partial charge in [-0.15, -0.1) is 0 Å². The maximum atomic E-state index is 12.9. The maximum absolute atomic E-state index is 12.9. The van der Waals surface area contributed by atoms with E-state index >= 15 is 0 Å². The van der Waals surface area contributed by atoms with Crippen LogP contribution in [0.4, 0.5) is 0 Å². The summed E-state index contributed by atoms with van der Waals surface area (Å²) in [5.74, 6) is -1.46. The van der Waals surface area contributed by atoms with Gasteiger partial charge in [0.25, 0.3) is 0 Å². The molecule has 2 amide bonds. The molecule has 0 radical (unpaired) electrons. The number of carbonyl (C=O) groups excluding carboxylic acids is 2. The molecule has 1 aromatic rings. The quantitative estimate of drug-likeness (QED) is 0.711. The largest absolute Gasteiger partial charge is 0.360 e. The van der Waals surface area contributed by atoms with Crippen molar-refractivity contribution in [1.82, 2.24) is 14.9 Å². The molecule has 0 spiro atoms. The lowest BCUT2D eigenvalue weighted by Crippen LogP contribution is -2.53. The summed E-state index contributed by atoms with van der Waals surface area (Å²) < 4.78 is 32.5. The van der Waals surface area contributed by atoms with Crippen molar-refractivity contribution < 1.29 is 22.7 Å². The first-order chi connectivity index (χ1) is 13.0. The standard InChI is InChI=1S/C18H25N3O5S/c22-17(18(23)20-14-7-4-5-8-14)19-13-16-21(11-6-12-26-16)27(24,25)15-9-2-1-3-10-15/h1-3,9-10,14,16H,4-8,11-13H2,(H,19,22)(H,20,23)/t16-/m0/s1. The predicted octanol–water partition coefficient (Wildman–Crippen LogP) is 0.599. The average molecular weight is 395 g/mol. The monoisotopic (exact) mass is 395 g/mol. The number of sulfonamides is 1. The molecule has 2 fully saturated rings. The number of rotatable bonds is 5. The summed E-state index contributed by atoms with van der Waals surface area (Å²) in [6.07, 6.45) is 3.59. The number of carbonyl (C=O) groups is 2. The van der Waals surface area contributed by atoms with Crippen LogP contribution in [-0.4, -0.2) is 56.5 Å². The molecule has 8 nitrogen and oxygen atoms in total. The Morgan fingerprint density at radius 2 is 1.78 bits per heavy atom. The van der Waals surface area contributed by atoms with Gasteiger partial charge >= 0.3 is 11.8 Å². The minimum atomic E-state index is -3.74. The molecule has 0 unspecified atom stereocenters. The minimum Gasteiger partial charge on any atom is -0.360 e. The summed E-state index contributed by atoms with van der Waals surface area (Å²) in [7, 11) is -3.74. The summed E-state index contributed by atoms with van der Waals surface area (Å²) in [6.45, 7) is 0.616. The highest BCUT2D eigenvalue weighted by Gasteiger charge is 2.35. The van der Waals surface area contributed by atoms with E-state index < -0.39 is 28.1 Å². The molecule has 9 heteroatoms. The van der Waals surface area contributed by atoms with Gasteiger partial charge in [0, 0.05) is 12.6 Å². The van der Waals surface area contributed by atoms with Crippen molar-refractivity contribution in [3.63, 3.8) is 0 Å². The SMILES string of the molecule is O=C(NC[C@@H]1OCCCN1S(=O)(=O)c1ccccc1)C(=O)NC1CCCC1. The molecule has 1 saturated heterocycles. The van der Waals surface area contributed by atoms with Gasteiger partial charge < -0.3 is 15.4 Å². The van der Waals surface area contributed by atoms with Crippen LogP contribution in [0.25, 0.3) is 0 Å². The van der Waals surface area contributed by atoms with E-state index in [-0.39, 0.29) is 17.5 Å². The summed E-state index contributed by atoms with van der Waals surface area (Å²) in [5.41, 5.74) is 0. The van der Waals surface area contributed by atoms with Crippen LogP contribution >= 0.6 is 0 Å². The molecule has 1 aliphatic carbocycles. The second-order valence-electron chi connectivity index (χ2n) is 6.77. The van der Waals surface area contributed by atoms with Crippen molar-refractivity contribution in [2.45, 2.75) is 49.3 Å². The Balaban J connectivity index is 1.60. The molecule has 1 heterocycles. The number of amides is 2. The first-order valence-corrected chi connectivity index (χ1v) is 10.7. The Hall–Kier alpha value is -1.97. The highest BCUT2D eigenvalue weighted by Crippen LogP contribution is 2.21. The van der Waals surface area contributed by atoms with Gasteiger partial charge in [0.1, 0.15) is 6.23 Å². The molecular formula is C18H25N3O5S. The second-order valence-corrected chi connectivity index (χ2v) is 8.66. The lowest BCUT2D eigenvalue weighted by molar-refractivity contribution is -0.140. The van der Waals surface area contributed by atoms with Crippen molar-refractivity contribution in [3.05, 3.63) is 30.3 Å². The second kappa shape index (κ2) is 8.81. The fourth-order valence-corrected chi connectivity index (χ4v) is 5.00. The molecule has 1 atom stereocenters. The molecule has 1 aromatic carbocycles. The summed E-state index contributed by atoms with van der Waals surface area (Å²) in [6, 6.07) is 8.14. The van der Waals surface area contributed by atoms with Gasteiger partial charge in [-0.3, -0.25) is 9.59 Å². The van der Waals surface area contributed by atoms with E-state index in [1.165, 1.54) is 16.4 Å². The fourth-order valence-electron chi connectivity index (χ4n) is 3.41. The Morgan fingerprint density at radius 3 is 2.48 bits per heavy atom. The van der Waals surface area contributed by atoms with E-state index in [2.05, 4.69) is 10.6 Å². The van der Waals surface area contributed by atoms with Gasteiger partial charge in [-0.05, 0) is 31.4 Å². The molecule has 0 aromatic heterocycles. The first-order valence-electron chi connectivity index (χ1n) is 9.25. The molecule has 2 N–H and O–H groups in total. The van der Waals surface area contributed by atoms with Crippen LogP contribution in [0.3, 0.4) is 0 Å². The lowest BCUT2D eigenvalue weighted by Gasteiger charge is -2.34. The van der Waals surface area contributed by atoms with Crippen molar-refractivity contribution in [2.24, 2.45) is 0 Å². The van der Waals surface area contributed by atoms with E-state index in [0.29, 0.717) is 19.6 Å². The zero-order valence-electron chi connectivity index (χ0n) is 15.1. The Morgan fingerprint density at radius 1 is 1.07 bits per heavy atom. The van der Waals surface area contributed by atoms with Crippen LogP contribution in [0, 0.1) is 0 Å². The van der Waals surface area contributed by atoms with E-state index in [1.807, 2.05) is 0 Å². The lowest BCUT2D eigenvalue weighted by atomic mass is 10.2. The molecule has 1 aliphatic heterocycles. The van der Waals surface area contributed by atoms with E-state index in [0.717, 1.165) is 25.7 Å². The van der Waals surface area contributed by atoms with Gasteiger partial charge in [-0.1, -0.05) is 31.0 Å². The zero-order valence-corrected chi connectivity index (χ0v) is 15.9. The number of ether oxygens (including phenoxy) is 1. The Bertz CT molecular complexity index is 762. The number of benzene rings is 1. The zero-order chi connectivity index (χ0) is 19.3. The normalized spacial score (nSPS) is 21.7. The van der Waals surface area contributed by atoms with Crippen LogP contribution in [0.5, 0.6) is 0 Å². The highest BCUT2D eigenvalue weighted by atomic mass is 32.2. The predicted molar refractivity (Wildman–Crippen MR) is 98.1 cm³/mol. The molecule has 27 heavy (non-hydrogen) atoms. The third-order valence-corrected chi connectivity index (χ3v) is 6.74.